The normalized spacial score (nSPS) is 10.1. The molecule has 0 unspecified atom stereocenters. The van der Waals surface area contributed by atoms with Crippen molar-refractivity contribution >= 4 is 0 Å². The molecule has 0 saturated heterocycles. The molecule has 2 rings (SSSR count). The molecule has 0 amide bonds. The highest BCUT2D eigenvalue weighted by molar-refractivity contribution is 5.70. The minimum absolute atomic E-state index is 0.744. The Morgan fingerprint density at radius 3 is 2.63 bits per heavy atom. The first-order chi connectivity index (χ1) is 9.35. The average Bonchev–Trinajstić information content (AvgIpc) is 2.48. The molecule has 0 bridgehead atoms. The minimum atomic E-state index is 0.744. The second-order valence-electron chi connectivity index (χ2n) is 4.81. The van der Waals surface area contributed by atoms with E-state index in [-0.39, 0.29) is 0 Å². The highest BCUT2D eigenvalue weighted by atomic mass is 14.2. The first-order valence-electron chi connectivity index (χ1n) is 6.93. The van der Waals surface area contributed by atoms with Crippen LogP contribution in [0, 0.1) is 11.3 Å². The molecule has 0 radical (unpaired) electrons. The summed E-state index contributed by atoms with van der Waals surface area (Å²) in [6.45, 7) is 2.22. The lowest BCUT2D eigenvalue weighted by Gasteiger charge is -2.07. The predicted molar refractivity (Wildman–Crippen MR) is 79.8 cm³/mol. The molecular weight excluding hydrogens is 230 g/mol. The van der Waals surface area contributed by atoms with Crippen LogP contribution in [-0.2, 0) is 6.42 Å². The maximum absolute atomic E-state index is 9.17. The van der Waals surface area contributed by atoms with Crippen molar-refractivity contribution in [2.24, 2.45) is 0 Å². The Morgan fingerprint density at radius 2 is 1.84 bits per heavy atom. The van der Waals surface area contributed by atoms with Crippen molar-refractivity contribution < 1.29 is 0 Å². The van der Waals surface area contributed by atoms with Crippen molar-refractivity contribution in [1.29, 1.82) is 5.26 Å². The molecule has 19 heavy (non-hydrogen) atoms. The summed E-state index contributed by atoms with van der Waals surface area (Å²) in [7, 11) is 0. The number of benzene rings is 2. The number of hydrogen-bond donors (Lipinski definition) is 0. The molecular formula is C18H19N. The molecule has 0 atom stereocenters. The number of nitriles is 1. The third-order valence-electron chi connectivity index (χ3n) is 3.35. The largest absolute Gasteiger partial charge is 0.192 e. The van der Waals surface area contributed by atoms with E-state index in [4.69, 9.17) is 0 Å². The van der Waals surface area contributed by atoms with E-state index in [1.165, 1.54) is 24.8 Å². The van der Waals surface area contributed by atoms with Crippen LogP contribution < -0.4 is 0 Å². The molecule has 2 aromatic rings. The van der Waals surface area contributed by atoms with Gasteiger partial charge in [0.15, 0.2) is 0 Å². The second-order valence-corrected chi connectivity index (χ2v) is 4.81. The molecule has 0 heterocycles. The highest BCUT2D eigenvalue weighted by Gasteiger charge is 2.04. The second kappa shape index (κ2) is 6.75. The molecule has 1 nitrogen and oxygen atoms in total. The number of unbranched alkanes of at least 4 members (excludes halogenated alkanes) is 2. The van der Waals surface area contributed by atoms with Gasteiger partial charge in [-0.05, 0) is 35.6 Å². The summed E-state index contributed by atoms with van der Waals surface area (Å²) in [6.07, 6.45) is 4.88. The Bertz CT molecular complexity index is 578. The van der Waals surface area contributed by atoms with Crippen LogP contribution in [0.1, 0.15) is 37.3 Å². The fourth-order valence-electron chi connectivity index (χ4n) is 2.31. The van der Waals surface area contributed by atoms with Gasteiger partial charge in [0.05, 0.1) is 11.6 Å². The zero-order valence-electron chi connectivity index (χ0n) is 11.4. The monoisotopic (exact) mass is 249 g/mol. The fraction of sp³-hybridized carbons (Fsp3) is 0.278. The number of aryl methyl sites for hydroxylation is 1. The molecule has 96 valence electrons. The Balaban J connectivity index is 2.25. The van der Waals surface area contributed by atoms with Crippen LogP contribution in [0.2, 0.25) is 0 Å². The summed E-state index contributed by atoms with van der Waals surface area (Å²) < 4.78 is 0. The van der Waals surface area contributed by atoms with Gasteiger partial charge in [-0.15, -0.1) is 0 Å². The van der Waals surface area contributed by atoms with Gasteiger partial charge in [-0.1, -0.05) is 62.2 Å². The van der Waals surface area contributed by atoms with Crippen molar-refractivity contribution in [2.75, 3.05) is 0 Å². The molecule has 0 saturated carbocycles. The maximum Gasteiger partial charge on any atom is 0.0998 e. The minimum Gasteiger partial charge on any atom is -0.192 e. The Morgan fingerprint density at radius 1 is 1.00 bits per heavy atom. The highest BCUT2D eigenvalue weighted by Crippen LogP contribution is 2.24. The van der Waals surface area contributed by atoms with Crippen LogP contribution in [-0.4, -0.2) is 0 Å². The van der Waals surface area contributed by atoms with E-state index in [0.29, 0.717) is 0 Å². The van der Waals surface area contributed by atoms with Gasteiger partial charge in [0.25, 0.3) is 0 Å². The quantitative estimate of drug-likeness (QED) is 0.687. The summed E-state index contributed by atoms with van der Waals surface area (Å²) in [5.41, 5.74) is 4.28. The van der Waals surface area contributed by atoms with Gasteiger partial charge in [-0.25, -0.2) is 0 Å². The topological polar surface area (TPSA) is 23.8 Å². The summed E-state index contributed by atoms with van der Waals surface area (Å²) in [5, 5.41) is 9.17. The van der Waals surface area contributed by atoms with Crippen LogP contribution in [0.15, 0.2) is 48.5 Å². The fourth-order valence-corrected chi connectivity index (χ4v) is 2.31. The average molecular weight is 249 g/mol. The van der Waals surface area contributed by atoms with E-state index in [2.05, 4.69) is 37.3 Å². The number of rotatable bonds is 5. The Hall–Kier alpha value is -2.07. The van der Waals surface area contributed by atoms with Crippen LogP contribution >= 0.6 is 0 Å². The van der Waals surface area contributed by atoms with Crippen LogP contribution in [0.5, 0.6) is 0 Å². The van der Waals surface area contributed by atoms with Crippen molar-refractivity contribution in [3.63, 3.8) is 0 Å². The van der Waals surface area contributed by atoms with E-state index in [1.54, 1.807) is 0 Å². The van der Waals surface area contributed by atoms with E-state index >= 15 is 0 Å². The van der Waals surface area contributed by atoms with Gasteiger partial charge in [0.1, 0.15) is 0 Å². The van der Waals surface area contributed by atoms with Crippen LogP contribution in [0.25, 0.3) is 11.1 Å². The van der Waals surface area contributed by atoms with Gasteiger partial charge in [-0.3, -0.25) is 0 Å². The van der Waals surface area contributed by atoms with E-state index < -0.39 is 0 Å². The molecule has 0 fully saturated rings. The van der Waals surface area contributed by atoms with Crippen LogP contribution in [0.3, 0.4) is 0 Å². The lowest BCUT2D eigenvalue weighted by atomic mass is 9.97. The molecule has 0 aromatic heterocycles. The number of hydrogen-bond acceptors (Lipinski definition) is 1. The smallest absolute Gasteiger partial charge is 0.0998 e. The molecule has 0 aliphatic rings. The summed E-state index contributed by atoms with van der Waals surface area (Å²) >= 11 is 0. The third kappa shape index (κ3) is 3.45. The van der Waals surface area contributed by atoms with E-state index in [0.717, 1.165) is 23.1 Å². The van der Waals surface area contributed by atoms with Crippen molar-refractivity contribution in [3.8, 4) is 17.2 Å². The lowest BCUT2D eigenvalue weighted by Crippen LogP contribution is -1.88. The van der Waals surface area contributed by atoms with Gasteiger partial charge >= 0.3 is 0 Å². The molecule has 2 aromatic carbocycles. The summed E-state index contributed by atoms with van der Waals surface area (Å²) in [5.74, 6) is 0. The van der Waals surface area contributed by atoms with Crippen molar-refractivity contribution in [3.05, 3.63) is 59.7 Å². The van der Waals surface area contributed by atoms with Gasteiger partial charge in [-0.2, -0.15) is 5.26 Å². The van der Waals surface area contributed by atoms with Crippen molar-refractivity contribution in [2.45, 2.75) is 32.6 Å². The number of nitrogens with zero attached hydrogens (tertiary/aromatic N) is 1. The maximum atomic E-state index is 9.17. The molecule has 1 heteroatoms. The van der Waals surface area contributed by atoms with Crippen molar-refractivity contribution in [1.82, 2.24) is 0 Å². The van der Waals surface area contributed by atoms with E-state index in [1.807, 2.05) is 24.3 Å². The molecule has 0 spiro atoms. The van der Waals surface area contributed by atoms with Gasteiger partial charge < -0.3 is 0 Å². The molecule has 0 N–H and O–H groups in total. The zero-order valence-corrected chi connectivity index (χ0v) is 11.4. The SMILES string of the molecule is CCCCCc1cccc(-c2ccccc2C#N)c1. The summed E-state index contributed by atoms with van der Waals surface area (Å²) in [4.78, 5) is 0. The Labute approximate surface area is 115 Å². The Kier molecular flexibility index (Phi) is 4.75. The van der Waals surface area contributed by atoms with E-state index in [9.17, 15) is 5.26 Å². The predicted octanol–water partition coefficient (Wildman–Crippen LogP) is 4.96. The zero-order chi connectivity index (χ0) is 13.5. The first-order valence-corrected chi connectivity index (χ1v) is 6.93. The van der Waals surface area contributed by atoms with Gasteiger partial charge in [0.2, 0.25) is 0 Å². The molecule has 0 aliphatic carbocycles. The first kappa shape index (κ1) is 13.4. The standard InChI is InChI=1S/C18H19N/c1-2-3-4-8-15-9-7-11-16(13-15)18-12-6-5-10-17(18)14-19/h5-7,9-13H,2-4,8H2,1H3. The third-order valence-corrected chi connectivity index (χ3v) is 3.35. The lowest BCUT2D eigenvalue weighted by molar-refractivity contribution is 0.717. The molecule has 0 aliphatic heterocycles. The van der Waals surface area contributed by atoms with Gasteiger partial charge in [0, 0.05) is 0 Å². The summed E-state index contributed by atoms with van der Waals surface area (Å²) in [6, 6.07) is 18.6. The van der Waals surface area contributed by atoms with Crippen LogP contribution in [0.4, 0.5) is 0 Å².